The van der Waals surface area contributed by atoms with Gasteiger partial charge in [0, 0.05) is 16.6 Å². The van der Waals surface area contributed by atoms with Crippen LogP contribution < -0.4 is 15.4 Å². The number of nitrogens with one attached hydrogen (secondary N) is 2. The van der Waals surface area contributed by atoms with E-state index in [0.29, 0.717) is 10.8 Å². The molecule has 20 heavy (non-hydrogen) atoms. The van der Waals surface area contributed by atoms with E-state index in [-0.39, 0.29) is 18.5 Å². The highest BCUT2D eigenvalue weighted by Crippen LogP contribution is 2.29. The molecule has 0 heterocycles. The minimum Gasteiger partial charge on any atom is -0.481 e. The van der Waals surface area contributed by atoms with E-state index in [9.17, 15) is 4.79 Å². The van der Waals surface area contributed by atoms with Crippen molar-refractivity contribution in [2.75, 3.05) is 13.6 Å². The van der Waals surface area contributed by atoms with Crippen molar-refractivity contribution in [3.05, 3.63) is 28.8 Å². The fourth-order valence-electron chi connectivity index (χ4n) is 1.65. The van der Waals surface area contributed by atoms with Gasteiger partial charge in [-0.15, -0.1) is 6.42 Å². The fraction of sp³-hybridized carbons (Fsp3) is 0.400. The summed E-state index contributed by atoms with van der Waals surface area (Å²) in [6.07, 6.45) is 4.47. The summed E-state index contributed by atoms with van der Waals surface area (Å²) in [6.45, 7) is 3.85. The number of amides is 1. The Hall–Kier alpha value is -1.70. The number of halogens is 1. The molecule has 0 aliphatic carbocycles. The van der Waals surface area contributed by atoms with Crippen LogP contribution in [0.15, 0.2) is 18.2 Å². The van der Waals surface area contributed by atoms with Gasteiger partial charge in [0.2, 0.25) is 0 Å². The lowest BCUT2D eigenvalue weighted by Gasteiger charge is -2.20. The summed E-state index contributed by atoms with van der Waals surface area (Å²) in [6, 6.07) is 5.37. The van der Waals surface area contributed by atoms with Crippen molar-refractivity contribution in [3.63, 3.8) is 0 Å². The van der Waals surface area contributed by atoms with E-state index in [1.165, 1.54) is 0 Å². The summed E-state index contributed by atoms with van der Waals surface area (Å²) in [5.41, 5.74) is 0.900. The molecule has 1 amide bonds. The molecular weight excluding hydrogens is 276 g/mol. The molecule has 5 heteroatoms. The maximum atomic E-state index is 11.8. The minimum atomic E-state index is -0.632. The van der Waals surface area contributed by atoms with Crippen molar-refractivity contribution in [3.8, 4) is 18.1 Å². The lowest BCUT2D eigenvalue weighted by Crippen LogP contribution is -2.36. The first-order valence-electron chi connectivity index (χ1n) is 6.34. The molecule has 0 fully saturated rings. The molecule has 0 bridgehead atoms. The Morgan fingerprint density at radius 2 is 2.20 bits per heavy atom. The summed E-state index contributed by atoms with van der Waals surface area (Å²) in [7, 11) is 1.85. The quantitative estimate of drug-likeness (QED) is 0.790. The highest BCUT2D eigenvalue weighted by atomic mass is 35.5. The lowest BCUT2D eigenvalue weighted by molar-refractivity contribution is -0.127. The standard InChI is InChI=1S/C15H19ClN2O2/c1-5-8-18-15(19)11(3)20-14-7-6-12(16)9-13(14)10(2)17-4/h1,6-7,9-11,17H,8H2,2-4H3,(H,18,19). The summed E-state index contributed by atoms with van der Waals surface area (Å²) in [5, 5.41) is 6.33. The fourth-order valence-corrected chi connectivity index (χ4v) is 1.83. The maximum Gasteiger partial charge on any atom is 0.261 e. The van der Waals surface area contributed by atoms with Crippen molar-refractivity contribution in [2.24, 2.45) is 0 Å². The van der Waals surface area contributed by atoms with Crippen LogP contribution in [0.3, 0.4) is 0 Å². The minimum absolute atomic E-state index is 0.0599. The van der Waals surface area contributed by atoms with Crippen LogP contribution in [0.2, 0.25) is 5.02 Å². The molecule has 2 atom stereocenters. The maximum absolute atomic E-state index is 11.8. The van der Waals surface area contributed by atoms with Crippen molar-refractivity contribution < 1.29 is 9.53 Å². The van der Waals surface area contributed by atoms with Gasteiger partial charge in [0.15, 0.2) is 6.10 Å². The van der Waals surface area contributed by atoms with Crippen molar-refractivity contribution >= 4 is 17.5 Å². The predicted molar refractivity (Wildman–Crippen MR) is 80.9 cm³/mol. The Labute approximate surface area is 124 Å². The number of benzene rings is 1. The molecular formula is C15H19ClN2O2. The zero-order chi connectivity index (χ0) is 15.1. The Balaban J connectivity index is 2.86. The summed E-state index contributed by atoms with van der Waals surface area (Å²) in [5.74, 6) is 2.72. The number of ether oxygens (including phenoxy) is 1. The van der Waals surface area contributed by atoms with Crippen LogP contribution in [0, 0.1) is 12.3 Å². The van der Waals surface area contributed by atoms with E-state index in [0.717, 1.165) is 5.56 Å². The Kier molecular flexibility index (Phi) is 6.37. The number of carbonyl (C=O) groups is 1. The molecule has 0 saturated carbocycles. The van der Waals surface area contributed by atoms with E-state index >= 15 is 0 Å². The monoisotopic (exact) mass is 294 g/mol. The van der Waals surface area contributed by atoms with E-state index in [4.69, 9.17) is 22.8 Å². The Morgan fingerprint density at radius 1 is 1.50 bits per heavy atom. The molecule has 2 N–H and O–H groups in total. The third-order valence-electron chi connectivity index (χ3n) is 2.91. The first-order chi connectivity index (χ1) is 9.49. The molecule has 0 saturated heterocycles. The van der Waals surface area contributed by atoms with Crippen molar-refractivity contribution in [1.82, 2.24) is 10.6 Å². The molecule has 1 aromatic carbocycles. The second-order valence-electron chi connectivity index (χ2n) is 4.37. The topological polar surface area (TPSA) is 50.4 Å². The number of hydrogen-bond acceptors (Lipinski definition) is 3. The van der Waals surface area contributed by atoms with Gasteiger partial charge in [-0.25, -0.2) is 0 Å². The van der Waals surface area contributed by atoms with Crippen LogP contribution >= 0.6 is 11.6 Å². The molecule has 0 aromatic heterocycles. The molecule has 0 spiro atoms. The molecule has 4 nitrogen and oxygen atoms in total. The van der Waals surface area contributed by atoms with Gasteiger partial charge in [-0.05, 0) is 39.1 Å². The van der Waals surface area contributed by atoms with Crippen LogP contribution in [0.4, 0.5) is 0 Å². The average molecular weight is 295 g/mol. The normalized spacial score (nSPS) is 13.2. The molecule has 2 unspecified atom stereocenters. The predicted octanol–water partition coefficient (Wildman–Crippen LogP) is 2.14. The van der Waals surface area contributed by atoms with Crippen LogP contribution in [0.1, 0.15) is 25.5 Å². The van der Waals surface area contributed by atoms with E-state index in [1.54, 1.807) is 19.1 Å². The van der Waals surface area contributed by atoms with Gasteiger partial charge in [0.1, 0.15) is 5.75 Å². The smallest absolute Gasteiger partial charge is 0.261 e. The van der Waals surface area contributed by atoms with Gasteiger partial charge in [-0.1, -0.05) is 17.5 Å². The lowest BCUT2D eigenvalue weighted by atomic mass is 10.1. The Bertz CT molecular complexity index is 511. The second kappa shape index (κ2) is 7.78. The van der Waals surface area contributed by atoms with Gasteiger partial charge < -0.3 is 15.4 Å². The summed E-state index contributed by atoms with van der Waals surface area (Å²) >= 11 is 6.00. The summed E-state index contributed by atoms with van der Waals surface area (Å²) in [4.78, 5) is 11.8. The van der Waals surface area contributed by atoms with E-state index in [2.05, 4.69) is 16.6 Å². The molecule has 0 aliphatic rings. The third kappa shape index (κ3) is 4.44. The van der Waals surface area contributed by atoms with Gasteiger partial charge in [0.25, 0.3) is 5.91 Å². The molecule has 0 radical (unpaired) electrons. The zero-order valence-corrected chi connectivity index (χ0v) is 12.6. The third-order valence-corrected chi connectivity index (χ3v) is 3.14. The van der Waals surface area contributed by atoms with Crippen LogP contribution in [0.5, 0.6) is 5.75 Å². The van der Waals surface area contributed by atoms with E-state index in [1.807, 2.05) is 20.0 Å². The second-order valence-corrected chi connectivity index (χ2v) is 4.81. The number of hydrogen-bond donors (Lipinski definition) is 2. The Morgan fingerprint density at radius 3 is 2.80 bits per heavy atom. The molecule has 0 aliphatic heterocycles. The van der Waals surface area contributed by atoms with Crippen LogP contribution in [0.25, 0.3) is 0 Å². The first-order valence-corrected chi connectivity index (χ1v) is 6.72. The molecule has 1 aromatic rings. The highest BCUT2D eigenvalue weighted by molar-refractivity contribution is 6.30. The van der Waals surface area contributed by atoms with E-state index < -0.39 is 6.10 Å². The van der Waals surface area contributed by atoms with Crippen molar-refractivity contribution in [2.45, 2.75) is 26.0 Å². The summed E-state index contributed by atoms with van der Waals surface area (Å²) < 4.78 is 5.70. The van der Waals surface area contributed by atoms with Gasteiger partial charge in [-0.2, -0.15) is 0 Å². The number of rotatable bonds is 6. The van der Waals surface area contributed by atoms with Crippen molar-refractivity contribution in [1.29, 1.82) is 0 Å². The molecule has 108 valence electrons. The SMILES string of the molecule is C#CCNC(=O)C(C)Oc1ccc(Cl)cc1C(C)NC. The van der Waals surface area contributed by atoms with Gasteiger partial charge in [0.05, 0.1) is 6.54 Å². The largest absolute Gasteiger partial charge is 0.481 e. The van der Waals surface area contributed by atoms with Crippen LogP contribution in [-0.4, -0.2) is 25.6 Å². The number of terminal acetylenes is 1. The van der Waals surface area contributed by atoms with Crippen LogP contribution in [-0.2, 0) is 4.79 Å². The average Bonchev–Trinajstić information content (AvgIpc) is 2.45. The highest BCUT2D eigenvalue weighted by Gasteiger charge is 2.17. The molecule has 1 rings (SSSR count). The number of carbonyl (C=O) groups excluding carboxylic acids is 1. The van der Waals surface area contributed by atoms with Gasteiger partial charge >= 0.3 is 0 Å². The first kappa shape index (κ1) is 16.4. The van der Waals surface area contributed by atoms with Gasteiger partial charge in [-0.3, -0.25) is 4.79 Å². The zero-order valence-electron chi connectivity index (χ0n) is 11.9.